The van der Waals surface area contributed by atoms with Crippen molar-refractivity contribution in [2.24, 2.45) is 14.1 Å². The second-order valence-corrected chi connectivity index (χ2v) is 29.7. The average Bonchev–Trinajstić information content (AvgIpc) is 3.97. The Labute approximate surface area is 435 Å². The number of aryl methyl sites for hydroxylation is 3. The van der Waals surface area contributed by atoms with Crippen LogP contribution in [0.3, 0.4) is 0 Å². The van der Waals surface area contributed by atoms with E-state index in [1.54, 1.807) is 24.4 Å². The second kappa shape index (κ2) is 21.5. The highest BCUT2D eigenvalue weighted by Crippen LogP contribution is 2.43. The Bertz CT molecular complexity index is 3280. The lowest BCUT2D eigenvalue weighted by atomic mass is 10.1. The smallest absolute Gasteiger partial charge is 0.341 e. The molecule has 374 valence electrons. The van der Waals surface area contributed by atoms with Crippen LogP contribution in [-0.2, 0) is 29.3 Å². The van der Waals surface area contributed by atoms with Crippen LogP contribution in [0.4, 0.5) is 0 Å². The molecule has 0 saturated heterocycles. The maximum absolute atomic E-state index is 13.6. The molecular formula is C60H64N4O6SSi2. The molecule has 0 aliphatic rings. The lowest BCUT2D eigenvalue weighted by molar-refractivity contribution is 0.0588. The molecule has 0 fully saturated rings. The van der Waals surface area contributed by atoms with E-state index in [9.17, 15) is 9.59 Å². The number of hydrogen-bond donors (Lipinski definition) is 0. The molecule has 7 aromatic carbocycles. The van der Waals surface area contributed by atoms with Gasteiger partial charge in [-0.25, -0.2) is 19.6 Å². The zero-order chi connectivity index (χ0) is 52.1. The van der Waals surface area contributed by atoms with Gasteiger partial charge >= 0.3 is 28.6 Å². The van der Waals surface area contributed by atoms with E-state index in [0.717, 1.165) is 58.8 Å². The molecule has 10 nitrogen and oxygen atoms in total. The van der Waals surface area contributed by atoms with Gasteiger partial charge in [0.1, 0.15) is 22.6 Å². The number of imidazole rings is 2. The Morgan fingerprint density at radius 3 is 1.25 bits per heavy atom. The largest absolute Gasteiger partial charge is 0.533 e. The van der Waals surface area contributed by atoms with Gasteiger partial charge in [0, 0.05) is 42.4 Å². The SMILES string of the molecule is COC(=O)c1c(O[Si](c2ccccc2)(c2ccccc2)C(C)(C)C)cc2c(ncn2C)c1C.COC(=O)c1c(O[Si](c2ccccc2)(c2ccccc2)C(C)(C)C)cc2c(ncn2C)c1CSc1ccccc1. The molecule has 2 aromatic heterocycles. The molecule has 0 spiro atoms. The van der Waals surface area contributed by atoms with Gasteiger partial charge in [-0.2, -0.15) is 0 Å². The summed E-state index contributed by atoms with van der Waals surface area (Å²) in [6.45, 7) is 15.2. The Kier molecular flexibility index (Phi) is 15.3. The van der Waals surface area contributed by atoms with Crippen LogP contribution in [-0.4, -0.2) is 61.9 Å². The zero-order valence-corrected chi connectivity index (χ0v) is 46.4. The summed E-state index contributed by atoms with van der Waals surface area (Å²) in [4.78, 5) is 36.9. The predicted octanol–water partition coefficient (Wildman–Crippen LogP) is 11.2. The maximum atomic E-state index is 13.6. The number of thioether (sulfide) groups is 1. The van der Waals surface area contributed by atoms with Gasteiger partial charge in [0.25, 0.3) is 0 Å². The van der Waals surface area contributed by atoms with E-state index >= 15 is 0 Å². The molecule has 0 N–H and O–H groups in total. The van der Waals surface area contributed by atoms with Gasteiger partial charge in [0.05, 0.1) is 48.9 Å². The average molecular weight is 1030 g/mol. The minimum atomic E-state index is -3.02. The number of benzene rings is 7. The van der Waals surface area contributed by atoms with Crippen LogP contribution in [0.2, 0.25) is 10.1 Å². The number of ether oxygens (including phenoxy) is 2. The first-order valence-electron chi connectivity index (χ1n) is 24.3. The fourth-order valence-corrected chi connectivity index (χ4v) is 19.8. The summed E-state index contributed by atoms with van der Waals surface area (Å²) in [5.74, 6) is 0.752. The van der Waals surface area contributed by atoms with Crippen LogP contribution < -0.4 is 29.6 Å². The van der Waals surface area contributed by atoms with Crippen LogP contribution >= 0.6 is 11.8 Å². The normalized spacial score (nSPS) is 12.0. The number of rotatable bonds is 13. The van der Waals surface area contributed by atoms with E-state index in [2.05, 4.69) is 131 Å². The first-order chi connectivity index (χ1) is 35.0. The number of hydrogen-bond acceptors (Lipinski definition) is 9. The summed E-state index contributed by atoms with van der Waals surface area (Å²) in [6.07, 6.45) is 3.54. The van der Waals surface area contributed by atoms with Gasteiger partial charge in [-0.05, 0) is 55.4 Å². The van der Waals surface area contributed by atoms with Crippen molar-refractivity contribution in [1.82, 2.24) is 19.1 Å². The Morgan fingerprint density at radius 1 is 0.521 bits per heavy atom. The highest BCUT2D eigenvalue weighted by molar-refractivity contribution is 7.98. The van der Waals surface area contributed by atoms with Crippen molar-refractivity contribution in [3.63, 3.8) is 0 Å². The van der Waals surface area contributed by atoms with Gasteiger partial charge < -0.3 is 27.5 Å². The van der Waals surface area contributed by atoms with Crippen LogP contribution in [0, 0.1) is 6.92 Å². The Hall–Kier alpha value is -7.20. The number of fused-ring (bicyclic) bond motifs is 2. The molecule has 13 heteroatoms. The zero-order valence-electron chi connectivity index (χ0n) is 43.6. The molecule has 0 bridgehead atoms. The van der Waals surface area contributed by atoms with Gasteiger partial charge in [-0.1, -0.05) is 181 Å². The molecule has 0 saturated carbocycles. The number of carbonyl (C=O) groups excluding carboxylic acids is 2. The van der Waals surface area contributed by atoms with Crippen molar-refractivity contribution in [1.29, 1.82) is 0 Å². The Morgan fingerprint density at radius 2 is 0.863 bits per heavy atom. The number of esters is 2. The molecule has 9 rings (SSSR count). The summed E-state index contributed by atoms with van der Waals surface area (Å²) >= 11 is 1.66. The molecule has 0 amide bonds. The van der Waals surface area contributed by atoms with Crippen LogP contribution in [0.5, 0.6) is 11.5 Å². The van der Waals surface area contributed by atoms with Crippen LogP contribution in [0.15, 0.2) is 181 Å². The fourth-order valence-electron chi connectivity index (χ4n) is 9.99. The summed E-state index contributed by atoms with van der Waals surface area (Å²) < 4.78 is 29.1. The highest BCUT2D eigenvalue weighted by atomic mass is 32.2. The number of methoxy groups -OCH3 is 2. The molecule has 0 aliphatic carbocycles. The molecule has 0 unspecified atom stereocenters. The lowest BCUT2D eigenvalue weighted by Gasteiger charge is -2.43. The summed E-state index contributed by atoms with van der Waals surface area (Å²) in [7, 11) is 0.788. The molecule has 0 atom stereocenters. The van der Waals surface area contributed by atoms with E-state index in [4.69, 9.17) is 23.3 Å². The summed E-state index contributed by atoms with van der Waals surface area (Å²) in [5.41, 5.74) is 5.80. The third kappa shape index (κ3) is 10.0. The van der Waals surface area contributed by atoms with Gasteiger partial charge in [0.15, 0.2) is 0 Å². The molecular weight excluding hydrogens is 961 g/mol. The topological polar surface area (TPSA) is 107 Å². The lowest BCUT2D eigenvalue weighted by Crippen LogP contribution is -2.69. The molecule has 9 aromatic rings. The van der Waals surface area contributed by atoms with E-state index < -0.39 is 28.6 Å². The van der Waals surface area contributed by atoms with Crippen molar-refractivity contribution in [2.75, 3.05) is 14.2 Å². The van der Waals surface area contributed by atoms with E-state index in [1.807, 2.05) is 109 Å². The fraction of sp³-hybridized carbons (Fsp3) is 0.233. The standard InChI is InChI=1S/C33H34N2O3SSi.C27H30N2O3Si/c1-33(2,3)40(25-17-11-7-12-18-25,26-19-13-8-14-20-26)38-29-21-28-31(34-23-35(28)4)27(30(29)32(36)37-5)22-39-24-15-9-6-10-16-24;1-19-24(26(30)31-6)23(17-22-25(19)28-18-29(22)5)32-33(27(2,3)4,20-13-9-7-10-14-20)21-15-11-8-12-16-21/h6-21,23H,22H2,1-5H3;7-18H,1-6H3. The highest BCUT2D eigenvalue weighted by Gasteiger charge is 2.54. The molecule has 0 aliphatic heterocycles. The van der Waals surface area contributed by atoms with Gasteiger partial charge in [-0.15, -0.1) is 11.8 Å². The number of aromatic nitrogens is 4. The molecule has 2 heterocycles. The minimum Gasteiger partial charge on any atom is -0.533 e. The van der Waals surface area contributed by atoms with Crippen molar-refractivity contribution in [2.45, 2.75) is 69.2 Å². The first-order valence-corrected chi connectivity index (χ1v) is 29.1. The van der Waals surface area contributed by atoms with Crippen LogP contribution in [0.25, 0.3) is 22.1 Å². The van der Waals surface area contributed by atoms with Crippen molar-refractivity contribution >= 4 is 83.1 Å². The quantitative estimate of drug-likeness (QED) is 0.0634. The Balaban J connectivity index is 0.000000199. The van der Waals surface area contributed by atoms with E-state index in [1.165, 1.54) is 14.2 Å². The summed E-state index contributed by atoms with van der Waals surface area (Å²) in [6, 6.07) is 55.7. The molecule has 0 radical (unpaired) electrons. The van der Waals surface area contributed by atoms with Crippen molar-refractivity contribution in [3.8, 4) is 11.5 Å². The number of carbonyl (C=O) groups is 2. The van der Waals surface area contributed by atoms with E-state index in [-0.39, 0.29) is 10.1 Å². The predicted molar refractivity (Wildman–Crippen MR) is 301 cm³/mol. The molecule has 73 heavy (non-hydrogen) atoms. The van der Waals surface area contributed by atoms with Crippen LogP contribution in [0.1, 0.15) is 73.4 Å². The summed E-state index contributed by atoms with van der Waals surface area (Å²) in [5, 5.41) is 4.04. The van der Waals surface area contributed by atoms with Gasteiger partial charge in [-0.3, -0.25) is 0 Å². The van der Waals surface area contributed by atoms with Crippen molar-refractivity contribution < 1.29 is 27.9 Å². The van der Waals surface area contributed by atoms with E-state index in [0.29, 0.717) is 28.4 Å². The minimum absolute atomic E-state index is 0.238. The third-order valence-corrected chi connectivity index (χ3v) is 24.5. The van der Waals surface area contributed by atoms with Crippen molar-refractivity contribution in [3.05, 3.63) is 199 Å². The second-order valence-electron chi connectivity index (χ2n) is 20.2. The third-order valence-electron chi connectivity index (χ3n) is 13.6. The maximum Gasteiger partial charge on any atom is 0.341 e. The monoisotopic (exact) mass is 1020 g/mol. The first kappa shape index (κ1) is 52.1. The van der Waals surface area contributed by atoms with Gasteiger partial charge in [0.2, 0.25) is 0 Å². The number of nitrogens with zero attached hydrogens (tertiary/aromatic N) is 4.